The second-order valence-corrected chi connectivity index (χ2v) is 5.13. The number of aryl methyl sites for hydroxylation is 1. The van der Waals surface area contributed by atoms with Crippen molar-refractivity contribution in [1.82, 2.24) is 4.90 Å². The number of para-hydroxylation sites is 1. The predicted molar refractivity (Wildman–Crippen MR) is 75.5 cm³/mol. The molecule has 1 heterocycles. The Hall–Kier alpha value is -1.75. The van der Waals surface area contributed by atoms with Crippen LogP contribution in [0, 0.1) is 0 Å². The van der Waals surface area contributed by atoms with Gasteiger partial charge in [0.25, 0.3) is 0 Å². The number of aliphatic carboxylic acids is 1. The van der Waals surface area contributed by atoms with Crippen molar-refractivity contribution in [2.75, 3.05) is 27.2 Å². The fourth-order valence-corrected chi connectivity index (χ4v) is 2.49. The molecule has 0 aromatic heterocycles. The Bertz CT molecular complexity index is 475. The van der Waals surface area contributed by atoms with E-state index in [1.165, 1.54) is 0 Å². The van der Waals surface area contributed by atoms with Crippen molar-refractivity contribution in [2.45, 2.75) is 25.4 Å². The first-order chi connectivity index (χ1) is 9.60. The third kappa shape index (κ3) is 3.63. The Kier molecular flexibility index (Phi) is 4.84. The average Bonchev–Trinajstić information content (AvgIpc) is 2.82. The molecule has 0 spiro atoms. The van der Waals surface area contributed by atoms with Crippen LogP contribution in [-0.2, 0) is 11.2 Å². The van der Waals surface area contributed by atoms with Crippen LogP contribution in [0.15, 0.2) is 18.2 Å². The Labute approximate surface area is 119 Å². The predicted octanol–water partition coefficient (Wildman–Crippen LogP) is 1.80. The maximum atomic E-state index is 10.7. The first-order valence-electron chi connectivity index (χ1n) is 6.83. The Morgan fingerprint density at radius 1 is 1.50 bits per heavy atom. The molecule has 0 saturated carbocycles. The number of ether oxygens (including phenoxy) is 2. The lowest BCUT2D eigenvalue weighted by Crippen LogP contribution is -2.21. The van der Waals surface area contributed by atoms with E-state index in [4.69, 9.17) is 14.6 Å². The van der Waals surface area contributed by atoms with Gasteiger partial charge in [0, 0.05) is 19.5 Å². The second-order valence-electron chi connectivity index (χ2n) is 5.13. The molecule has 1 aromatic rings. The highest BCUT2D eigenvalue weighted by Crippen LogP contribution is 2.33. The van der Waals surface area contributed by atoms with Crippen LogP contribution < -0.4 is 9.47 Å². The van der Waals surface area contributed by atoms with Crippen LogP contribution in [0.3, 0.4) is 0 Å². The third-order valence-electron chi connectivity index (χ3n) is 3.51. The van der Waals surface area contributed by atoms with Gasteiger partial charge in [0.05, 0.1) is 7.11 Å². The quantitative estimate of drug-likeness (QED) is 0.860. The van der Waals surface area contributed by atoms with E-state index in [0.29, 0.717) is 17.9 Å². The number of nitrogens with zero attached hydrogens (tertiary/aromatic N) is 1. The summed E-state index contributed by atoms with van der Waals surface area (Å²) in [5.41, 5.74) is 0.874. The first-order valence-corrected chi connectivity index (χ1v) is 6.83. The van der Waals surface area contributed by atoms with Gasteiger partial charge in [0.2, 0.25) is 0 Å². The molecule has 110 valence electrons. The molecule has 1 unspecified atom stereocenters. The molecule has 2 rings (SSSR count). The minimum atomic E-state index is -0.809. The molecule has 1 atom stereocenters. The number of rotatable bonds is 6. The molecule has 20 heavy (non-hydrogen) atoms. The van der Waals surface area contributed by atoms with E-state index >= 15 is 0 Å². The minimum Gasteiger partial charge on any atom is -0.493 e. The van der Waals surface area contributed by atoms with Crippen LogP contribution in [0.2, 0.25) is 0 Å². The highest BCUT2D eigenvalue weighted by Gasteiger charge is 2.22. The molecule has 5 nitrogen and oxygen atoms in total. The molecular formula is C15H21NO4. The maximum absolute atomic E-state index is 10.7. The Morgan fingerprint density at radius 3 is 2.90 bits per heavy atom. The van der Waals surface area contributed by atoms with Crippen molar-refractivity contribution in [2.24, 2.45) is 0 Å². The standard InChI is InChI=1S/C15H21NO4/c1-16-9-8-12(10-16)20-13-5-3-4-11(15(13)19-2)6-7-14(17)18/h3-5,12H,6-10H2,1-2H3,(H,17,18). The van der Waals surface area contributed by atoms with Crippen LogP contribution in [0.1, 0.15) is 18.4 Å². The SMILES string of the molecule is COc1c(CCC(=O)O)cccc1OC1CCN(C)C1. The van der Waals surface area contributed by atoms with Gasteiger partial charge in [-0.25, -0.2) is 0 Å². The lowest BCUT2D eigenvalue weighted by molar-refractivity contribution is -0.136. The van der Waals surface area contributed by atoms with Crippen LogP contribution in [0.5, 0.6) is 11.5 Å². The maximum Gasteiger partial charge on any atom is 0.303 e. The number of carboxylic acids is 1. The number of carboxylic acid groups (broad SMARTS) is 1. The Morgan fingerprint density at radius 2 is 2.30 bits per heavy atom. The molecule has 1 aliphatic heterocycles. The molecule has 1 aromatic carbocycles. The van der Waals surface area contributed by atoms with Gasteiger partial charge in [-0.3, -0.25) is 4.79 Å². The molecular weight excluding hydrogens is 258 g/mol. The number of likely N-dealkylation sites (N-methyl/N-ethyl adjacent to an activating group) is 1. The van der Waals surface area contributed by atoms with E-state index < -0.39 is 5.97 Å². The van der Waals surface area contributed by atoms with Crippen molar-refractivity contribution in [3.63, 3.8) is 0 Å². The summed E-state index contributed by atoms with van der Waals surface area (Å²) in [6, 6.07) is 5.64. The molecule has 0 bridgehead atoms. The van der Waals surface area contributed by atoms with Crippen molar-refractivity contribution in [3.05, 3.63) is 23.8 Å². The molecule has 0 radical (unpaired) electrons. The van der Waals surface area contributed by atoms with Crippen molar-refractivity contribution in [1.29, 1.82) is 0 Å². The molecule has 1 fully saturated rings. The zero-order valence-corrected chi connectivity index (χ0v) is 12.0. The van der Waals surface area contributed by atoms with Crippen LogP contribution in [0.4, 0.5) is 0 Å². The van der Waals surface area contributed by atoms with Gasteiger partial charge in [-0.15, -0.1) is 0 Å². The van der Waals surface area contributed by atoms with Crippen molar-refractivity contribution >= 4 is 5.97 Å². The average molecular weight is 279 g/mol. The smallest absolute Gasteiger partial charge is 0.303 e. The second kappa shape index (κ2) is 6.61. The summed E-state index contributed by atoms with van der Waals surface area (Å²) in [5, 5.41) is 8.79. The van der Waals surface area contributed by atoms with Gasteiger partial charge in [0.1, 0.15) is 6.10 Å². The number of likely N-dealkylation sites (tertiary alicyclic amines) is 1. The number of carbonyl (C=O) groups is 1. The fraction of sp³-hybridized carbons (Fsp3) is 0.533. The molecule has 1 saturated heterocycles. The largest absolute Gasteiger partial charge is 0.493 e. The van der Waals surface area contributed by atoms with Gasteiger partial charge in [0.15, 0.2) is 11.5 Å². The zero-order chi connectivity index (χ0) is 14.5. The van der Waals surface area contributed by atoms with Crippen molar-refractivity contribution in [3.8, 4) is 11.5 Å². The van der Waals surface area contributed by atoms with Crippen LogP contribution in [0.25, 0.3) is 0 Å². The van der Waals surface area contributed by atoms with Gasteiger partial charge in [-0.2, -0.15) is 0 Å². The van der Waals surface area contributed by atoms with E-state index in [1.807, 2.05) is 18.2 Å². The molecule has 1 N–H and O–H groups in total. The van der Waals surface area contributed by atoms with E-state index in [1.54, 1.807) is 7.11 Å². The van der Waals surface area contributed by atoms with Gasteiger partial charge in [-0.1, -0.05) is 12.1 Å². The molecule has 1 aliphatic rings. The number of hydrogen-bond donors (Lipinski definition) is 1. The summed E-state index contributed by atoms with van der Waals surface area (Å²) in [4.78, 5) is 12.9. The monoisotopic (exact) mass is 279 g/mol. The third-order valence-corrected chi connectivity index (χ3v) is 3.51. The normalized spacial score (nSPS) is 19.0. The number of hydrogen-bond acceptors (Lipinski definition) is 4. The lowest BCUT2D eigenvalue weighted by atomic mass is 10.1. The van der Waals surface area contributed by atoms with Crippen molar-refractivity contribution < 1.29 is 19.4 Å². The summed E-state index contributed by atoms with van der Waals surface area (Å²) in [5.74, 6) is 0.551. The number of benzene rings is 1. The molecule has 0 amide bonds. The van der Waals surface area contributed by atoms with E-state index in [9.17, 15) is 4.79 Å². The molecule has 5 heteroatoms. The van der Waals surface area contributed by atoms with Gasteiger partial charge in [-0.05, 0) is 31.5 Å². The summed E-state index contributed by atoms with van der Waals surface area (Å²) in [6.45, 7) is 1.94. The van der Waals surface area contributed by atoms with E-state index in [0.717, 1.165) is 25.1 Å². The Balaban J connectivity index is 2.11. The summed E-state index contributed by atoms with van der Waals surface area (Å²) in [7, 11) is 3.66. The number of methoxy groups -OCH3 is 1. The van der Waals surface area contributed by atoms with Gasteiger partial charge >= 0.3 is 5.97 Å². The fourth-order valence-electron chi connectivity index (χ4n) is 2.49. The zero-order valence-electron chi connectivity index (χ0n) is 12.0. The highest BCUT2D eigenvalue weighted by atomic mass is 16.5. The minimum absolute atomic E-state index is 0.0893. The summed E-state index contributed by atoms with van der Waals surface area (Å²) >= 11 is 0. The van der Waals surface area contributed by atoms with E-state index in [-0.39, 0.29) is 12.5 Å². The van der Waals surface area contributed by atoms with E-state index in [2.05, 4.69) is 11.9 Å². The molecule has 0 aliphatic carbocycles. The summed E-state index contributed by atoms with van der Waals surface area (Å²) < 4.78 is 11.4. The van der Waals surface area contributed by atoms with Crippen LogP contribution >= 0.6 is 0 Å². The van der Waals surface area contributed by atoms with Gasteiger partial charge < -0.3 is 19.5 Å². The topological polar surface area (TPSA) is 59.0 Å². The lowest BCUT2D eigenvalue weighted by Gasteiger charge is -2.18. The first kappa shape index (κ1) is 14.7. The van der Waals surface area contributed by atoms with Crippen LogP contribution in [-0.4, -0.2) is 49.3 Å². The highest BCUT2D eigenvalue weighted by molar-refractivity contribution is 5.67. The summed E-state index contributed by atoms with van der Waals surface area (Å²) in [6.07, 6.45) is 1.70.